The van der Waals surface area contributed by atoms with E-state index in [4.69, 9.17) is 9.26 Å². The van der Waals surface area contributed by atoms with Crippen LogP contribution in [0.5, 0.6) is 5.75 Å². The second-order valence-corrected chi connectivity index (χ2v) is 6.33. The van der Waals surface area contributed by atoms with Crippen molar-refractivity contribution in [2.24, 2.45) is 0 Å². The first-order chi connectivity index (χ1) is 9.90. The number of aryl methyl sites for hydroxylation is 1. The third kappa shape index (κ3) is 4.08. The summed E-state index contributed by atoms with van der Waals surface area (Å²) < 4.78 is 11.1. The number of aromatic nitrogens is 1. The van der Waals surface area contributed by atoms with Gasteiger partial charge in [0.25, 0.3) is 0 Å². The van der Waals surface area contributed by atoms with Gasteiger partial charge in [0.05, 0.1) is 5.69 Å². The molecule has 1 heterocycles. The summed E-state index contributed by atoms with van der Waals surface area (Å²) in [6.07, 6.45) is 0. The lowest BCUT2D eigenvalue weighted by molar-refractivity contribution is 0.247. The van der Waals surface area contributed by atoms with Gasteiger partial charge in [-0.3, -0.25) is 0 Å². The molecule has 0 aliphatic rings. The lowest BCUT2D eigenvalue weighted by Gasteiger charge is -2.20. The number of nitrogens with one attached hydrogen (secondary N) is 1. The first kappa shape index (κ1) is 15.6. The zero-order valence-corrected chi connectivity index (χ0v) is 13.5. The summed E-state index contributed by atoms with van der Waals surface area (Å²) in [5.41, 5.74) is 3.48. The van der Waals surface area contributed by atoms with Crippen molar-refractivity contribution in [2.45, 2.75) is 46.3 Å². The van der Waals surface area contributed by atoms with Crippen LogP contribution in [0.2, 0.25) is 0 Å². The Kier molecular flexibility index (Phi) is 4.68. The average Bonchev–Trinajstić information content (AvgIpc) is 2.84. The third-order valence-electron chi connectivity index (χ3n) is 3.38. The molecule has 1 aromatic heterocycles. The number of rotatable bonds is 5. The van der Waals surface area contributed by atoms with Crippen molar-refractivity contribution in [3.05, 3.63) is 46.8 Å². The zero-order chi connectivity index (χ0) is 15.5. The van der Waals surface area contributed by atoms with E-state index in [2.05, 4.69) is 50.3 Å². The molecule has 4 heteroatoms. The van der Waals surface area contributed by atoms with E-state index >= 15 is 0 Å². The van der Waals surface area contributed by atoms with E-state index in [1.165, 1.54) is 5.56 Å². The van der Waals surface area contributed by atoms with Gasteiger partial charge in [-0.05, 0) is 36.6 Å². The molecule has 0 saturated carbocycles. The second-order valence-electron chi connectivity index (χ2n) is 6.33. The first-order valence-electron chi connectivity index (χ1n) is 7.23. The second kappa shape index (κ2) is 6.31. The SMILES string of the molecule is CNCc1cc(COc2ccc(C(C)(C)C)cc2C)on1. The Morgan fingerprint density at radius 1 is 1.24 bits per heavy atom. The highest BCUT2D eigenvalue weighted by Crippen LogP contribution is 2.27. The van der Waals surface area contributed by atoms with Gasteiger partial charge in [0.15, 0.2) is 5.76 Å². The van der Waals surface area contributed by atoms with E-state index in [1.807, 2.05) is 19.2 Å². The molecule has 1 aromatic carbocycles. The number of hydrogen-bond donors (Lipinski definition) is 1. The molecule has 114 valence electrons. The van der Waals surface area contributed by atoms with Crippen molar-refractivity contribution < 1.29 is 9.26 Å². The van der Waals surface area contributed by atoms with E-state index in [9.17, 15) is 0 Å². The first-order valence-corrected chi connectivity index (χ1v) is 7.23. The standard InChI is InChI=1S/C17H24N2O2/c1-12-8-13(17(2,3)4)6-7-16(12)20-11-15-9-14(10-18-5)19-21-15/h6-9,18H,10-11H2,1-5H3. The number of benzene rings is 1. The van der Waals surface area contributed by atoms with E-state index in [-0.39, 0.29) is 5.41 Å². The molecule has 0 aliphatic heterocycles. The van der Waals surface area contributed by atoms with Crippen molar-refractivity contribution in [1.29, 1.82) is 0 Å². The Bertz CT molecular complexity index is 597. The van der Waals surface area contributed by atoms with Crippen LogP contribution in [-0.4, -0.2) is 12.2 Å². The van der Waals surface area contributed by atoms with Crippen molar-refractivity contribution >= 4 is 0 Å². The molecule has 2 aromatic rings. The Hall–Kier alpha value is -1.81. The van der Waals surface area contributed by atoms with Gasteiger partial charge in [-0.1, -0.05) is 38.1 Å². The minimum atomic E-state index is 0.149. The van der Waals surface area contributed by atoms with E-state index < -0.39 is 0 Å². The average molecular weight is 288 g/mol. The smallest absolute Gasteiger partial charge is 0.174 e. The van der Waals surface area contributed by atoms with Crippen LogP contribution in [-0.2, 0) is 18.6 Å². The fraction of sp³-hybridized carbons (Fsp3) is 0.471. The molecule has 1 N–H and O–H groups in total. The van der Waals surface area contributed by atoms with Gasteiger partial charge in [-0.2, -0.15) is 0 Å². The maximum Gasteiger partial charge on any atom is 0.174 e. The molecule has 0 amide bonds. The van der Waals surface area contributed by atoms with Gasteiger partial charge in [0, 0.05) is 12.6 Å². The Balaban J connectivity index is 2.02. The number of ether oxygens (including phenoxy) is 1. The molecule has 0 saturated heterocycles. The maximum atomic E-state index is 5.83. The van der Waals surface area contributed by atoms with Gasteiger partial charge in [-0.25, -0.2) is 0 Å². The monoisotopic (exact) mass is 288 g/mol. The van der Waals surface area contributed by atoms with Crippen LogP contribution in [0.15, 0.2) is 28.8 Å². The van der Waals surface area contributed by atoms with Crippen LogP contribution in [0.3, 0.4) is 0 Å². The third-order valence-corrected chi connectivity index (χ3v) is 3.38. The molecule has 0 fully saturated rings. The number of nitrogens with zero attached hydrogens (tertiary/aromatic N) is 1. The van der Waals surface area contributed by atoms with Gasteiger partial charge < -0.3 is 14.6 Å². The quantitative estimate of drug-likeness (QED) is 0.913. The highest BCUT2D eigenvalue weighted by molar-refractivity contribution is 5.38. The summed E-state index contributed by atoms with van der Waals surface area (Å²) in [5.74, 6) is 1.62. The van der Waals surface area contributed by atoms with Gasteiger partial charge >= 0.3 is 0 Å². The summed E-state index contributed by atoms with van der Waals surface area (Å²) in [5, 5.41) is 7.01. The molecule has 0 unspecified atom stereocenters. The predicted molar refractivity (Wildman–Crippen MR) is 83.5 cm³/mol. The highest BCUT2D eigenvalue weighted by Gasteiger charge is 2.15. The summed E-state index contributed by atoms with van der Waals surface area (Å²) in [4.78, 5) is 0. The van der Waals surface area contributed by atoms with Crippen LogP contribution in [0.4, 0.5) is 0 Å². The minimum Gasteiger partial charge on any atom is -0.485 e. The van der Waals surface area contributed by atoms with E-state index in [0.29, 0.717) is 13.2 Å². The lowest BCUT2D eigenvalue weighted by Crippen LogP contribution is -2.11. The molecule has 0 spiro atoms. The van der Waals surface area contributed by atoms with Gasteiger partial charge in [-0.15, -0.1) is 0 Å². The molecule has 0 aliphatic carbocycles. The fourth-order valence-electron chi connectivity index (χ4n) is 2.11. The Morgan fingerprint density at radius 2 is 2.00 bits per heavy atom. The summed E-state index contributed by atoms with van der Waals surface area (Å²) in [6.45, 7) is 9.78. The molecule has 2 rings (SSSR count). The van der Waals surface area contributed by atoms with Gasteiger partial charge in [0.1, 0.15) is 12.4 Å². The van der Waals surface area contributed by atoms with Crippen LogP contribution in [0, 0.1) is 6.92 Å². The maximum absolute atomic E-state index is 5.83. The molecule has 0 bridgehead atoms. The van der Waals surface area contributed by atoms with Crippen molar-refractivity contribution in [1.82, 2.24) is 10.5 Å². The Morgan fingerprint density at radius 3 is 2.62 bits per heavy atom. The molecule has 0 radical (unpaired) electrons. The lowest BCUT2D eigenvalue weighted by atomic mass is 9.86. The summed E-state index contributed by atoms with van der Waals surface area (Å²) >= 11 is 0. The predicted octanol–water partition coefficient (Wildman–Crippen LogP) is 3.58. The van der Waals surface area contributed by atoms with Gasteiger partial charge in [0.2, 0.25) is 0 Å². The van der Waals surface area contributed by atoms with E-state index in [0.717, 1.165) is 22.8 Å². The molecule has 4 nitrogen and oxygen atoms in total. The summed E-state index contributed by atoms with van der Waals surface area (Å²) in [6, 6.07) is 8.24. The van der Waals surface area contributed by atoms with Crippen molar-refractivity contribution in [3.63, 3.8) is 0 Å². The highest BCUT2D eigenvalue weighted by atomic mass is 16.5. The van der Waals surface area contributed by atoms with Crippen molar-refractivity contribution in [2.75, 3.05) is 7.05 Å². The van der Waals surface area contributed by atoms with Crippen LogP contribution < -0.4 is 10.1 Å². The number of hydrogen-bond acceptors (Lipinski definition) is 4. The van der Waals surface area contributed by atoms with Crippen LogP contribution >= 0.6 is 0 Å². The van der Waals surface area contributed by atoms with Crippen LogP contribution in [0.1, 0.15) is 43.4 Å². The molecule has 21 heavy (non-hydrogen) atoms. The largest absolute Gasteiger partial charge is 0.485 e. The van der Waals surface area contributed by atoms with E-state index in [1.54, 1.807) is 0 Å². The zero-order valence-electron chi connectivity index (χ0n) is 13.5. The van der Waals surface area contributed by atoms with Crippen LogP contribution in [0.25, 0.3) is 0 Å². The minimum absolute atomic E-state index is 0.149. The molecular weight excluding hydrogens is 264 g/mol. The normalized spacial score (nSPS) is 11.7. The summed E-state index contributed by atoms with van der Waals surface area (Å²) in [7, 11) is 1.88. The Labute approximate surface area is 126 Å². The topological polar surface area (TPSA) is 47.3 Å². The molecular formula is C17H24N2O2. The molecule has 0 atom stereocenters. The van der Waals surface area contributed by atoms with Crippen molar-refractivity contribution in [3.8, 4) is 5.75 Å². The fourth-order valence-corrected chi connectivity index (χ4v) is 2.11.